The van der Waals surface area contributed by atoms with Crippen molar-refractivity contribution in [2.75, 3.05) is 19.5 Å². The Bertz CT molecular complexity index is 831. The number of carbonyl (C=O) groups excluding carboxylic acids is 1. The van der Waals surface area contributed by atoms with E-state index in [9.17, 15) is 4.79 Å². The standard InChI is InChI=1S/C17H13Br2NO3/c1-22-13-8-9(14(18)15(19)16(13)23-2)7-11-10-5-3-4-6-12(10)20-17(11)21/h3-8H,1-2H3,(H,20,21)/b11-7-. The Morgan fingerprint density at radius 3 is 2.52 bits per heavy atom. The zero-order valence-corrected chi connectivity index (χ0v) is 15.6. The normalized spacial score (nSPS) is 14.6. The van der Waals surface area contributed by atoms with Crippen LogP contribution < -0.4 is 14.8 Å². The van der Waals surface area contributed by atoms with Crippen molar-refractivity contribution in [2.24, 2.45) is 0 Å². The maximum atomic E-state index is 12.2. The van der Waals surface area contributed by atoms with E-state index in [1.165, 1.54) is 0 Å². The van der Waals surface area contributed by atoms with Gasteiger partial charge in [0.2, 0.25) is 0 Å². The summed E-state index contributed by atoms with van der Waals surface area (Å²) >= 11 is 7.04. The lowest BCUT2D eigenvalue weighted by Crippen LogP contribution is -2.03. The lowest BCUT2D eigenvalue weighted by atomic mass is 10.0. The fourth-order valence-corrected chi connectivity index (χ4v) is 3.48. The molecule has 0 radical (unpaired) electrons. The zero-order valence-electron chi connectivity index (χ0n) is 12.4. The van der Waals surface area contributed by atoms with Gasteiger partial charge in [-0.3, -0.25) is 4.79 Å². The highest BCUT2D eigenvalue weighted by Gasteiger charge is 2.24. The number of halogens is 2. The van der Waals surface area contributed by atoms with E-state index in [-0.39, 0.29) is 5.91 Å². The van der Waals surface area contributed by atoms with Gasteiger partial charge in [-0.2, -0.15) is 0 Å². The van der Waals surface area contributed by atoms with Gasteiger partial charge in [-0.05, 0) is 55.6 Å². The van der Waals surface area contributed by atoms with Crippen LogP contribution in [0.15, 0.2) is 39.3 Å². The molecular formula is C17H13Br2NO3. The van der Waals surface area contributed by atoms with Gasteiger partial charge in [0.05, 0.1) is 18.7 Å². The molecule has 3 rings (SSSR count). The van der Waals surface area contributed by atoms with Crippen molar-refractivity contribution in [3.8, 4) is 11.5 Å². The van der Waals surface area contributed by atoms with E-state index in [1.54, 1.807) is 14.2 Å². The predicted octanol–water partition coefficient (Wildman–Crippen LogP) is 4.72. The molecule has 0 spiro atoms. The van der Waals surface area contributed by atoms with Crippen molar-refractivity contribution >= 4 is 55.1 Å². The van der Waals surface area contributed by atoms with Crippen LogP contribution in [0.4, 0.5) is 5.69 Å². The van der Waals surface area contributed by atoms with E-state index in [4.69, 9.17) is 9.47 Å². The minimum atomic E-state index is -0.121. The molecule has 0 atom stereocenters. The highest BCUT2D eigenvalue weighted by Crippen LogP contribution is 2.44. The van der Waals surface area contributed by atoms with Crippen LogP contribution in [-0.4, -0.2) is 20.1 Å². The quantitative estimate of drug-likeness (QED) is 0.705. The smallest absolute Gasteiger partial charge is 0.256 e. The van der Waals surface area contributed by atoms with Gasteiger partial charge in [0.15, 0.2) is 11.5 Å². The van der Waals surface area contributed by atoms with Crippen LogP contribution in [0.2, 0.25) is 0 Å². The van der Waals surface area contributed by atoms with E-state index in [0.717, 1.165) is 25.8 Å². The molecule has 0 unspecified atom stereocenters. The second-order valence-electron chi connectivity index (χ2n) is 4.89. The molecule has 0 saturated heterocycles. The molecule has 1 amide bonds. The molecular weight excluding hydrogens is 426 g/mol. The SMILES string of the molecule is COc1cc(/C=C2\C(=O)Nc3ccccc32)c(Br)c(Br)c1OC. The van der Waals surface area contributed by atoms with Crippen molar-refractivity contribution in [3.63, 3.8) is 0 Å². The number of fused-ring (bicyclic) bond motifs is 1. The Kier molecular flexibility index (Phi) is 4.46. The monoisotopic (exact) mass is 437 g/mol. The molecule has 2 aromatic carbocycles. The average molecular weight is 439 g/mol. The molecule has 1 aliphatic heterocycles. The second-order valence-corrected chi connectivity index (χ2v) is 6.47. The molecule has 4 nitrogen and oxygen atoms in total. The van der Waals surface area contributed by atoms with Gasteiger partial charge in [0.25, 0.3) is 5.91 Å². The fraction of sp³-hybridized carbons (Fsp3) is 0.118. The highest BCUT2D eigenvalue weighted by molar-refractivity contribution is 9.13. The van der Waals surface area contributed by atoms with Crippen molar-refractivity contribution in [3.05, 3.63) is 50.4 Å². The molecule has 0 bridgehead atoms. The molecule has 0 aromatic heterocycles. The van der Waals surface area contributed by atoms with E-state index in [0.29, 0.717) is 17.1 Å². The van der Waals surface area contributed by atoms with Crippen LogP contribution in [0.25, 0.3) is 11.6 Å². The van der Waals surface area contributed by atoms with E-state index in [2.05, 4.69) is 37.2 Å². The Morgan fingerprint density at radius 2 is 1.83 bits per heavy atom. The summed E-state index contributed by atoms with van der Waals surface area (Å²) in [7, 11) is 3.15. The number of carbonyl (C=O) groups is 1. The lowest BCUT2D eigenvalue weighted by Gasteiger charge is -2.13. The zero-order chi connectivity index (χ0) is 16.6. The van der Waals surface area contributed by atoms with Crippen molar-refractivity contribution in [1.82, 2.24) is 0 Å². The van der Waals surface area contributed by atoms with E-state index < -0.39 is 0 Å². The van der Waals surface area contributed by atoms with Gasteiger partial charge in [0, 0.05) is 21.3 Å². The van der Waals surface area contributed by atoms with E-state index in [1.807, 2.05) is 36.4 Å². The number of benzene rings is 2. The predicted molar refractivity (Wildman–Crippen MR) is 97.9 cm³/mol. The Morgan fingerprint density at radius 1 is 1.09 bits per heavy atom. The maximum absolute atomic E-state index is 12.2. The van der Waals surface area contributed by atoms with Crippen molar-refractivity contribution in [2.45, 2.75) is 0 Å². The summed E-state index contributed by atoms with van der Waals surface area (Å²) in [6, 6.07) is 9.43. The molecule has 6 heteroatoms. The van der Waals surface area contributed by atoms with Gasteiger partial charge in [-0.15, -0.1) is 0 Å². The number of rotatable bonds is 3. The number of amides is 1. The van der Waals surface area contributed by atoms with Gasteiger partial charge in [-0.1, -0.05) is 18.2 Å². The molecule has 23 heavy (non-hydrogen) atoms. The van der Waals surface area contributed by atoms with Crippen LogP contribution in [0.5, 0.6) is 11.5 Å². The fourth-order valence-electron chi connectivity index (χ4n) is 2.49. The third-order valence-corrected chi connectivity index (χ3v) is 5.73. The highest BCUT2D eigenvalue weighted by atomic mass is 79.9. The summed E-state index contributed by atoms with van der Waals surface area (Å²) in [5, 5.41) is 2.86. The third-order valence-electron chi connectivity index (χ3n) is 3.59. The third kappa shape index (κ3) is 2.77. The first-order chi connectivity index (χ1) is 11.1. The van der Waals surface area contributed by atoms with Gasteiger partial charge in [0.1, 0.15) is 0 Å². The van der Waals surface area contributed by atoms with Gasteiger partial charge in [-0.25, -0.2) is 0 Å². The topological polar surface area (TPSA) is 47.6 Å². The molecule has 1 heterocycles. The second kappa shape index (κ2) is 6.37. The van der Waals surface area contributed by atoms with E-state index >= 15 is 0 Å². The average Bonchev–Trinajstić information content (AvgIpc) is 2.87. The van der Waals surface area contributed by atoms with Crippen LogP contribution in [0.3, 0.4) is 0 Å². The summed E-state index contributed by atoms with van der Waals surface area (Å²) in [4.78, 5) is 12.2. The number of ether oxygens (including phenoxy) is 2. The number of hydrogen-bond donors (Lipinski definition) is 1. The number of para-hydroxylation sites is 1. The number of hydrogen-bond acceptors (Lipinski definition) is 3. The van der Waals surface area contributed by atoms with Crippen LogP contribution in [0.1, 0.15) is 11.1 Å². The molecule has 1 aliphatic rings. The Balaban J connectivity index is 2.17. The largest absolute Gasteiger partial charge is 0.493 e. The minimum absolute atomic E-state index is 0.121. The van der Waals surface area contributed by atoms with Gasteiger partial charge < -0.3 is 14.8 Å². The summed E-state index contributed by atoms with van der Waals surface area (Å²) in [5.74, 6) is 1.06. The molecule has 118 valence electrons. The maximum Gasteiger partial charge on any atom is 0.256 e. The molecule has 0 fully saturated rings. The molecule has 2 aromatic rings. The first kappa shape index (κ1) is 16.1. The molecule has 1 N–H and O–H groups in total. The Hall–Kier alpha value is -1.79. The van der Waals surface area contributed by atoms with Crippen LogP contribution in [-0.2, 0) is 4.79 Å². The summed E-state index contributed by atoms with van der Waals surface area (Å²) < 4.78 is 12.2. The van der Waals surface area contributed by atoms with Crippen molar-refractivity contribution in [1.29, 1.82) is 0 Å². The number of anilines is 1. The number of nitrogens with one attached hydrogen (secondary N) is 1. The summed E-state index contributed by atoms with van der Waals surface area (Å²) in [6.45, 7) is 0. The molecule has 0 aliphatic carbocycles. The molecule has 0 saturated carbocycles. The number of methoxy groups -OCH3 is 2. The van der Waals surface area contributed by atoms with Gasteiger partial charge >= 0.3 is 0 Å². The van der Waals surface area contributed by atoms with Crippen LogP contribution >= 0.6 is 31.9 Å². The van der Waals surface area contributed by atoms with Crippen molar-refractivity contribution < 1.29 is 14.3 Å². The first-order valence-electron chi connectivity index (χ1n) is 6.79. The minimum Gasteiger partial charge on any atom is -0.493 e. The summed E-state index contributed by atoms with van der Waals surface area (Å²) in [5.41, 5.74) is 3.13. The lowest BCUT2D eigenvalue weighted by molar-refractivity contribution is -0.110. The first-order valence-corrected chi connectivity index (χ1v) is 8.37. The summed E-state index contributed by atoms with van der Waals surface area (Å²) in [6.07, 6.45) is 1.83. The van der Waals surface area contributed by atoms with Crippen LogP contribution in [0, 0.1) is 0 Å². The Labute approximate surface area is 150 Å².